The Hall–Kier alpha value is -2.21. The van der Waals surface area contributed by atoms with Gasteiger partial charge in [0.1, 0.15) is 17.8 Å². The number of aromatic nitrogens is 3. The second kappa shape index (κ2) is 5.16. The molecule has 8 nitrogen and oxygen atoms in total. The molecule has 0 saturated carbocycles. The molecular formula is C15H18N7O-. The van der Waals surface area contributed by atoms with Crippen LogP contribution in [0.1, 0.15) is 13.3 Å². The van der Waals surface area contributed by atoms with Crippen LogP contribution in [0.4, 0.5) is 5.82 Å². The third-order valence-electron chi connectivity index (χ3n) is 5.27. The summed E-state index contributed by atoms with van der Waals surface area (Å²) in [6, 6.07) is 3.91. The van der Waals surface area contributed by atoms with Gasteiger partial charge in [-0.25, -0.2) is 15.0 Å². The standard InChI is InChI=1S/C15H18N7O/c1-11-8-21(22(23)7-4-16)15(11)3-6-20(9-15)14-12-2-5-17-13(12)18-10-19-14/h2,5,10-11H,3,6-9H2,1H3,(H,17,18,19)/q-1/t11-,15-/m0/s1. The molecule has 1 N–H and O–H groups in total. The Morgan fingerprint density at radius 3 is 3.22 bits per heavy atom. The number of anilines is 1. The highest BCUT2D eigenvalue weighted by atomic mass is 16.6. The minimum atomic E-state index is -0.188. The summed E-state index contributed by atoms with van der Waals surface area (Å²) in [6.07, 6.45) is 4.32. The Kier molecular flexibility index (Phi) is 3.23. The van der Waals surface area contributed by atoms with E-state index in [0.717, 1.165) is 41.5 Å². The monoisotopic (exact) mass is 312 g/mol. The van der Waals surface area contributed by atoms with Gasteiger partial charge < -0.3 is 20.3 Å². The first kappa shape index (κ1) is 14.4. The number of fused-ring (bicyclic) bond motifs is 1. The zero-order valence-electron chi connectivity index (χ0n) is 12.9. The molecule has 0 aromatic carbocycles. The van der Waals surface area contributed by atoms with Crippen LogP contribution >= 0.6 is 0 Å². The zero-order chi connectivity index (χ0) is 16.0. The Morgan fingerprint density at radius 1 is 1.57 bits per heavy atom. The van der Waals surface area contributed by atoms with Gasteiger partial charge in [-0.2, -0.15) is 5.26 Å². The van der Waals surface area contributed by atoms with Crippen LogP contribution in [0.25, 0.3) is 11.0 Å². The van der Waals surface area contributed by atoms with Crippen molar-refractivity contribution >= 4 is 16.9 Å². The van der Waals surface area contributed by atoms with Crippen molar-refractivity contribution in [2.75, 3.05) is 31.1 Å². The highest BCUT2D eigenvalue weighted by molar-refractivity contribution is 5.87. The molecule has 2 saturated heterocycles. The summed E-state index contributed by atoms with van der Waals surface area (Å²) in [5.41, 5.74) is 0.635. The van der Waals surface area contributed by atoms with Gasteiger partial charge in [0.05, 0.1) is 23.5 Å². The van der Waals surface area contributed by atoms with E-state index in [4.69, 9.17) is 5.26 Å². The van der Waals surface area contributed by atoms with E-state index in [1.54, 1.807) is 6.33 Å². The van der Waals surface area contributed by atoms with Gasteiger partial charge in [0.15, 0.2) is 0 Å². The fourth-order valence-corrected chi connectivity index (χ4v) is 3.93. The number of rotatable bonds is 3. The van der Waals surface area contributed by atoms with Gasteiger partial charge in [0, 0.05) is 25.8 Å². The number of hydroxylamine groups is 1. The first-order valence-corrected chi connectivity index (χ1v) is 7.78. The van der Waals surface area contributed by atoms with Crippen molar-refractivity contribution in [1.29, 1.82) is 5.26 Å². The largest absolute Gasteiger partial charge is 0.771 e. The van der Waals surface area contributed by atoms with Gasteiger partial charge in [-0.15, -0.1) is 0 Å². The average Bonchev–Trinajstić information content (AvgIpc) is 3.20. The third-order valence-corrected chi connectivity index (χ3v) is 5.27. The van der Waals surface area contributed by atoms with Gasteiger partial charge in [-0.1, -0.05) is 6.92 Å². The quantitative estimate of drug-likeness (QED) is 0.669. The summed E-state index contributed by atoms with van der Waals surface area (Å²) in [6.45, 7) is 4.35. The molecule has 8 heteroatoms. The van der Waals surface area contributed by atoms with Gasteiger partial charge in [-0.3, -0.25) is 0 Å². The van der Waals surface area contributed by atoms with Crippen LogP contribution in [0.15, 0.2) is 18.6 Å². The van der Waals surface area contributed by atoms with E-state index in [9.17, 15) is 5.21 Å². The minimum absolute atomic E-state index is 0.121. The van der Waals surface area contributed by atoms with E-state index >= 15 is 0 Å². The lowest BCUT2D eigenvalue weighted by atomic mass is 9.76. The molecule has 4 heterocycles. The first-order valence-electron chi connectivity index (χ1n) is 7.78. The normalized spacial score (nSPS) is 27.7. The topological polar surface area (TPSA) is 98.1 Å². The predicted octanol–water partition coefficient (Wildman–Crippen LogP) is 1.10. The van der Waals surface area contributed by atoms with Gasteiger partial charge in [0.25, 0.3) is 0 Å². The van der Waals surface area contributed by atoms with Crippen LogP contribution in [0, 0.1) is 22.5 Å². The van der Waals surface area contributed by atoms with Crippen LogP contribution in [0.5, 0.6) is 0 Å². The highest BCUT2D eigenvalue weighted by Gasteiger charge is 2.55. The second-order valence-corrected chi connectivity index (χ2v) is 6.36. The Balaban J connectivity index is 1.61. The first-order chi connectivity index (χ1) is 11.2. The molecule has 23 heavy (non-hydrogen) atoms. The van der Waals surface area contributed by atoms with E-state index in [0.29, 0.717) is 12.5 Å². The maximum absolute atomic E-state index is 12.1. The lowest BCUT2D eigenvalue weighted by Crippen LogP contribution is -2.71. The zero-order valence-corrected chi connectivity index (χ0v) is 12.9. The molecule has 0 bridgehead atoms. The maximum atomic E-state index is 12.1. The number of nitrogens with one attached hydrogen (secondary N) is 1. The summed E-state index contributed by atoms with van der Waals surface area (Å²) < 4.78 is 0. The fraction of sp³-hybridized carbons (Fsp3) is 0.533. The van der Waals surface area contributed by atoms with E-state index in [2.05, 4.69) is 26.8 Å². The van der Waals surface area contributed by atoms with Crippen molar-refractivity contribution in [2.24, 2.45) is 5.92 Å². The van der Waals surface area contributed by atoms with Crippen LogP contribution in [-0.2, 0) is 0 Å². The second-order valence-electron chi connectivity index (χ2n) is 6.36. The highest BCUT2D eigenvalue weighted by Crippen LogP contribution is 2.45. The van der Waals surface area contributed by atoms with Crippen molar-refractivity contribution in [2.45, 2.75) is 18.9 Å². The Bertz CT molecular complexity index is 769. The van der Waals surface area contributed by atoms with Crippen molar-refractivity contribution in [3.63, 3.8) is 0 Å². The molecule has 4 rings (SSSR count). The Labute approximate surface area is 133 Å². The van der Waals surface area contributed by atoms with Crippen LogP contribution in [0.3, 0.4) is 0 Å². The van der Waals surface area contributed by atoms with E-state index in [1.165, 1.54) is 0 Å². The lowest BCUT2D eigenvalue weighted by molar-refractivity contribution is -0.174. The molecule has 0 unspecified atom stereocenters. The molecule has 2 fully saturated rings. The van der Waals surface area contributed by atoms with Gasteiger partial charge in [0.2, 0.25) is 0 Å². The molecular weight excluding hydrogens is 294 g/mol. The van der Waals surface area contributed by atoms with E-state index < -0.39 is 0 Å². The van der Waals surface area contributed by atoms with Crippen molar-refractivity contribution in [3.8, 4) is 6.07 Å². The number of H-pyrrole nitrogens is 1. The van der Waals surface area contributed by atoms with Crippen molar-refractivity contribution in [1.82, 2.24) is 25.1 Å². The lowest BCUT2D eigenvalue weighted by Gasteiger charge is -2.61. The smallest absolute Gasteiger partial charge is 0.142 e. The summed E-state index contributed by atoms with van der Waals surface area (Å²) in [4.78, 5) is 14.0. The summed E-state index contributed by atoms with van der Waals surface area (Å²) >= 11 is 0. The number of hydrazine groups is 1. The van der Waals surface area contributed by atoms with E-state index in [-0.39, 0.29) is 12.1 Å². The predicted molar refractivity (Wildman–Crippen MR) is 85.0 cm³/mol. The number of hydrogen-bond donors (Lipinski definition) is 1. The van der Waals surface area contributed by atoms with E-state index in [1.807, 2.05) is 23.3 Å². The molecule has 2 aromatic heterocycles. The van der Waals surface area contributed by atoms with Crippen molar-refractivity contribution in [3.05, 3.63) is 23.8 Å². The fourth-order valence-electron chi connectivity index (χ4n) is 3.93. The minimum Gasteiger partial charge on any atom is -0.771 e. The Morgan fingerprint density at radius 2 is 2.43 bits per heavy atom. The summed E-state index contributed by atoms with van der Waals surface area (Å²) in [7, 11) is 0. The third kappa shape index (κ3) is 2.01. The molecule has 2 aromatic rings. The molecule has 0 aliphatic carbocycles. The molecule has 2 atom stereocenters. The summed E-state index contributed by atoms with van der Waals surface area (Å²) in [5, 5.41) is 24.5. The summed E-state index contributed by atoms with van der Waals surface area (Å²) in [5.74, 6) is 1.33. The molecule has 0 radical (unpaired) electrons. The molecule has 2 aliphatic rings. The number of nitrogens with zero attached hydrogens (tertiary/aromatic N) is 6. The molecule has 0 amide bonds. The average molecular weight is 312 g/mol. The number of nitriles is 1. The van der Waals surface area contributed by atoms with Crippen LogP contribution in [0.2, 0.25) is 0 Å². The van der Waals surface area contributed by atoms with Crippen molar-refractivity contribution < 1.29 is 0 Å². The SMILES string of the molecule is C[C@H]1CN(N([O-])CC#N)[C@]12CCN(c1ncnc3[nH]ccc13)C2. The number of aromatic amines is 1. The number of hydrogen-bond acceptors (Lipinski definition) is 7. The van der Waals surface area contributed by atoms with Gasteiger partial charge >= 0.3 is 0 Å². The van der Waals surface area contributed by atoms with Crippen LogP contribution in [-0.4, -0.2) is 56.9 Å². The molecule has 120 valence electrons. The van der Waals surface area contributed by atoms with Gasteiger partial charge in [-0.05, 0) is 18.4 Å². The molecule has 1 spiro atoms. The molecule has 2 aliphatic heterocycles. The van der Waals surface area contributed by atoms with Crippen LogP contribution < -0.4 is 4.90 Å². The maximum Gasteiger partial charge on any atom is 0.142 e.